The molecule has 0 aromatic carbocycles. The number of aryl methyl sites for hydroxylation is 1. The second-order valence-electron chi connectivity index (χ2n) is 11.6. The van der Waals surface area contributed by atoms with Crippen molar-refractivity contribution >= 4 is 23.8 Å². The molecule has 2 rings (SSSR count). The van der Waals surface area contributed by atoms with Crippen LogP contribution in [0.15, 0.2) is 15.8 Å². The molecule has 1 aliphatic rings. The average molecular weight is 537 g/mol. The van der Waals surface area contributed by atoms with Gasteiger partial charge in [-0.25, -0.2) is 14.4 Å². The summed E-state index contributed by atoms with van der Waals surface area (Å²) in [5.41, 5.74) is -2.16. The highest BCUT2D eigenvalue weighted by Gasteiger charge is 2.50. The predicted molar refractivity (Wildman–Crippen MR) is 139 cm³/mol. The molecule has 1 aromatic heterocycles. The van der Waals surface area contributed by atoms with E-state index in [1.807, 2.05) is 13.8 Å². The maximum Gasteiger partial charge on any atom is 0.407 e. The number of hydrogen-bond acceptors (Lipinski definition) is 7. The van der Waals surface area contributed by atoms with Crippen molar-refractivity contribution in [2.75, 3.05) is 13.1 Å². The first kappa shape index (κ1) is 30.8. The second-order valence-corrected chi connectivity index (χ2v) is 11.6. The summed E-state index contributed by atoms with van der Waals surface area (Å²) in [4.78, 5) is 76.8. The van der Waals surface area contributed by atoms with Crippen molar-refractivity contribution in [2.24, 2.45) is 17.3 Å². The summed E-state index contributed by atoms with van der Waals surface area (Å²) in [6.45, 7) is 11.4. The van der Waals surface area contributed by atoms with Crippen LogP contribution in [0.1, 0.15) is 66.4 Å². The number of carbonyl (C=O) groups excluding carboxylic acids is 3. The van der Waals surface area contributed by atoms with E-state index >= 15 is 0 Å². The zero-order valence-corrected chi connectivity index (χ0v) is 23.3. The van der Waals surface area contributed by atoms with Gasteiger partial charge in [0.1, 0.15) is 24.0 Å². The van der Waals surface area contributed by atoms with Crippen molar-refractivity contribution in [3.8, 4) is 0 Å². The van der Waals surface area contributed by atoms with Gasteiger partial charge in [0, 0.05) is 30.8 Å². The fourth-order valence-corrected chi connectivity index (χ4v) is 4.99. The number of carboxylic acid groups (broad SMARTS) is 1. The van der Waals surface area contributed by atoms with Crippen LogP contribution in [0.25, 0.3) is 0 Å². The van der Waals surface area contributed by atoms with Gasteiger partial charge in [0.15, 0.2) is 0 Å². The molecule has 1 saturated carbocycles. The van der Waals surface area contributed by atoms with E-state index in [0.29, 0.717) is 12.8 Å². The molecule has 1 aromatic rings. The summed E-state index contributed by atoms with van der Waals surface area (Å²) in [6.07, 6.45) is 1.80. The number of ether oxygens (including phenoxy) is 1. The number of H-pyrrole nitrogens is 1. The zero-order valence-electron chi connectivity index (χ0n) is 23.3. The molecule has 2 amide bonds. The number of aliphatic carboxylic acids is 1. The van der Waals surface area contributed by atoms with Crippen LogP contribution in [-0.2, 0) is 25.7 Å². The van der Waals surface area contributed by atoms with Crippen molar-refractivity contribution in [3.63, 3.8) is 0 Å². The van der Waals surface area contributed by atoms with Crippen molar-refractivity contribution < 1.29 is 29.0 Å². The number of ketones is 1. The molecule has 1 heterocycles. The Morgan fingerprint density at radius 3 is 2.42 bits per heavy atom. The van der Waals surface area contributed by atoms with Gasteiger partial charge in [-0.15, -0.1) is 0 Å². The molecule has 38 heavy (non-hydrogen) atoms. The van der Waals surface area contributed by atoms with Crippen LogP contribution >= 0.6 is 0 Å². The highest BCUT2D eigenvalue weighted by atomic mass is 16.6. The van der Waals surface area contributed by atoms with E-state index in [-0.39, 0.29) is 48.1 Å². The van der Waals surface area contributed by atoms with E-state index in [9.17, 15) is 33.9 Å². The van der Waals surface area contributed by atoms with E-state index in [1.165, 1.54) is 13.1 Å². The van der Waals surface area contributed by atoms with E-state index < -0.39 is 47.4 Å². The van der Waals surface area contributed by atoms with E-state index in [0.717, 1.165) is 9.47 Å². The van der Waals surface area contributed by atoms with Crippen molar-refractivity contribution in [2.45, 2.75) is 85.9 Å². The van der Waals surface area contributed by atoms with Crippen LogP contribution < -0.4 is 16.6 Å². The Morgan fingerprint density at radius 1 is 1.26 bits per heavy atom. The summed E-state index contributed by atoms with van der Waals surface area (Å²) < 4.78 is 6.21. The van der Waals surface area contributed by atoms with Crippen LogP contribution in [-0.4, -0.2) is 68.0 Å². The standard InChI is InChI=1S/C26H40N4O8/c1-15-13-29(23(36)28-21(15)33)14-20(32)30(11-10-27-24(37)38-25(3,4)5)19(22(34)35)9-8-17-12-18(16(2)31)26(17,6)7/h13,17-19H,8-12,14H2,1-7H3,(H,27,37)(H,34,35)(H,28,33,36)/t17-,18-,19-/m1/s1. The Balaban J connectivity index is 2.23. The minimum absolute atomic E-state index is 0.0781. The second kappa shape index (κ2) is 12.0. The molecule has 3 atom stereocenters. The van der Waals surface area contributed by atoms with E-state index in [1.54, 1.807) is 27.7 Å². The first-order chi connectivity index (χ1) is 17.4. The fraction of sp³-hybridized carbons (Fsp3) is 0.692. The molecule has 0 radical (unpaired) electrons. The quantitative estimate of drug-likeness (QED) is 0.384. The van der Waals surface area contributed by atoms with Gasteiger partial charge in [-0.3, -0.25) is 23.9 Å². The zero-order chi connectivity index (χ0) is 29.0. The van der Waals surface area contributed by atoms with Crippen molar-refractivity contribution in [3.05, 3.63) is 32.6 Å². The highest BCUT2D eigenvalue weighted by molar-refractivity contribution is 5.83. The Morgan fingerprint density at radius 2 is 1.89 bits per heavy atom. The average Bonchev–Trinajstić information content (AvgIpc) is 2.75. The third-order valence-electron chi connectivity index (χ3n) is 7.25. The SMILES string of the molecule is CC(=O)[C@H]1C[C@@H](CC[C@H](C(=O)O)N(CCNC(=O)OC(C)(C)C)C(=O)Cn2cc(C)c(=O)[nH]c2=O)C1(C)C. The summed E-state index contributed by atoms with van der Waals surface area (Å²) in [5, 5.41) is 12.6. The van der Waals surface area contributed by atoms with Crippen molar-refractivity contribution in [1.82, 2.24) is 19.8 Å². The summed E-state index contributed by atoms with van der Waals surface area (Å²) in [5.74, 6) is -1.75. The number of aromatic amines is 1. The molecular formula is C26H40N4O8. The molecule has 0 bridgehead atoms. The Hall–Kier alpha value is -3.44. The van der Waals surface area contributed by atoms with Crippen molar-refractivity contribution in [1.29, 1.82) is 0 Å². The van der Waals surface area contributed by atoms with Gasteiger partial charge in [0.25, 0.3) is 5.56 Å². The lowest BCUT2D eigenvalue weighted by molar-refractivity contribution is -0.152. The molecule has 1 fully saturated rings. The molecule has 0 saturated heterocycles. The minimum atomic E-state index is -1.23. The highest BCUT2D eigenvalue weighted by Crippen LogP contribution is 2.53. The van der Waals surface area contributed by atoms with Crippen LogP contribution in [0.4, 0.5) is 4.79 Å². The normalized spacial score (nSPS) is 19.1. The Bertz CT molecular complexity index is 1180. The maximum atomic E-state index is 13.3. The number of hydrogen-bond donors (Lipinski definition) is 3. The fourth-order valence-electron chi connectivity index (χ4n) is 4.99. The van der Waals surface area contributed by atoms with Crippen LogP contribution in [0.2, 0.25) is 0 Å². The molecule has 212 valence electrons. The molecule has 1 aliphatic carbocycles. The first-order valence-corrected chi connectivity index (χ1v) is 12.7. The smallest absolute Gasteiger partial charge is 0.407 e. The molecule has 0 spiro atoms. The monoisotopic (exact) mass is 536 g/mol. The largest absolute Gasteiger partial charge is 0.480 e. The maximum absolute atomic E-state index is 13.3. The van der Waals surface area contributed by atoms with Gasteiger partial charge in [0.2, 0.25) is 5.91 Å². The molecular weight excluding hydrogens is 496 g/mol. The van der Waals surface area contributed by atoms with Crippen LogP contribution in [0.3, 0.4) is 0 Å². The van der Waals surface area contributed by atoms with Gasteiger partial charge >= 0.3 is 17.8 Å². The first-order valence-electron chi connectivity index (χ1n) is 12.7. The number of amides is 2. The van der Waals surface area contributed by atoms with Gasteiger partial charge in [-0.1, -0.05) is 13.8 Å². The molecule has 3 N–H and O–H groups in total. The lowest BCUT2D eigenvalue weighted by atomic mass is 9.52. The summed E-state index contributed by atoms with van der Waals surface area (Å²) in [7, 11) is 0. The van der Waals surface area contributed by atoms with E-state index in [4.69, 9.17) is 4.74 Å². The van der Waals surface area contributed by atoms with E-state index in [2.05, 4.69) is 10.3 Å². The molecule has 0 unspecified atom stereocenters. The van der Waals surface area contributed by atoms with Gasteiger partial charge in [0.05, 0.1) is 0 Å². The number of aromatic nitrogens is 2. The minimum Gasteiger partial charge on any atom is -0.480 e. The van der Waals surface area contributed by atoms with Gasteiger partial charge in [-0.05, 0) is 65.2 Å². The number of carbonyl (C=O) groups is 4. The Kier molecular flexibility index (Phi) is 9.68. The topological polar surface area (TPSA) is 168 Å². The number of Topliss-reactive ketones (excluding diaryl/α,β-unsaturated/α-hetero) is 1. The van der Waals surface area contributed by atoms with Gasteiger partial charge < -0.3 is 20.1 Å². The number of nitrogens with one attached hydrogen (secondary N) is 2. The summed E-state index contributed by atoms with van der Waals surface area (Å²) >= 11 is 0. The number of carboxylic acids is 1. The van der Waals surface area contributed by atoms with Crippen LogP contribution in [0.5, 0.6) is 0 Å². The summed E-state index contributed by atoms with van der Waals surface area (Å²) in [6, 6.07) is -1.23. The number of nitrogens with zero attached hydrogens (tertiary/aromatic N) is 2. The molecule has 12 heteroatoms. The van der Waals surface area contributed by atoms with Gasteiger partial charge in [-0.2, -0.15) is 0 Å². The molecule has 0 aliphatic heterocycles. The number of rotatable bonds is 11. The third-order valence-corrected chi connectivity index (χ3v) is 7.25. The molecule has 12 nitrogen and oxygen atoms in total. The predicted octanol–water partition coefficient (Wildman–Crippen LogP) is 1.68. The lowest BCUT2D eigenvalue weighted by Crippen LogP contribution is -2.52. The number of alkyl carbamates (subject to hydrolysis) is 1. The Labute approximate surface area is 221 Å². The van der Waals surface area contributed by atoms with Crippen LogP contribution in [0, 0.1) is 24.2 Å². The lowest BCUT2D eigenvalue weighted by Gasteiger charge is -2.51. The third kappa shape index (κ3) is 7.78.